The second kappa shape index (κ2) is 4.79. The van der Waals surface area contributed by atoms with Gasteiger partial charge in [0.25, 0.3) is 0 Å². The number of hydrogen-bond donors (Lipinski definition) is 0. The molecule has 0 aliphatic heterocycles. The Morgan fingerprint density at radius 2 is 2.18 bits per heavy atom. The SMILES string of the molecule is CCCC1CC[CH]C(CC)C1. The van der Waals surface area contributed by atoms with Crippen LogP contribution < -0.4 is 0 Å². The van der Waals surface area contributed by atoms with E-state index in [0.29, 0.717) is 0 Å². The molecule has 1 saturated carbocycles. The lowest BCUT2D eigenvalue weighted by molar-refractivity contribution is 0.302. The smallest absolute Gasteiger partial charge is 0.0355 e. The Kier molecular flexibility index (Phi) is 3.96. The second-order valence-corrected chi connectivity index (χ2v) is 3.87. The average molecular weight is 153 g/mol. The van der Waals surface area contributed by atoms with Crippen LogP contribution in [0.3, 0.4) is 0 Å². The molecule has 1 fully saturated rings. The number of rotatable bonds is 3. The lowest BCUT2D eigenvalue weighted by atomic mass is 9.78. The second-order valence-electron chi connectivity index (χ2n) is 3.87. The molecule has 1 aliphatic carbocycles. The highest BCUT2D eigenvalue weighted by Crippen LogP contribution is 2.32. The van der Waals surface area contributed by atoms with Gasteiger partial charge >= 0.3 is 0 Å². The first kappa shape index (κ1) is 9.09. The van der Waals surface area contributed by atoms with Crippen LogP contribution in [0.2, 0.25) is 0 Å². The third kappa shape index (κ3) is 2.84. The minimum atomic E-state index is 0.945. The molecule has 0 spiro atoms. The van der Waals surface area contributed by atoms with Crippen LogP contribution in [0.25, 0.3) is 0 Å². The largest absolute Gasteiger partial charge is 0.0654 e. The Bertz CT molecular complexity index is 94.2. The van der Waals surface area contributed by atoms with E-state index in [4.69, 9.17) is 0 Å². The molecule has 0 N–H and O–H groups in total. The minimum Gasteiger partial charge on any atom is -0.0654 e. The van der Waals surface area contributed by atoms with E-state index in [1.165, 1.54) is 38.5 Å². The first-order valence-electron chi connectivity index (χ1n) is 5.20. The first-order valence-corrected chi connectivity index (χ1v) is 5.20. The van der Waals surface area contributed by atoms with Crippen molar-refractivity contribution in [1.29, 1.82) is 0 Å². The summed E-state index contributed by atoms with van der Waals surface area (Å²) in [6.45, 7) is 4.62. The van der Waals surface area contributed by atoms with E-state index in [9.17, 15) is 0 Å². The molecule has 0 saturated heterocycles. The summed E-state index contributed by atoms with van der Waals surface area (Å²) in [5, 5.41) is 0. The highest BCUT2D eigenvalue weighted by molar-refractivity contribution is 4.84. The van der Waals surface area contributed by atoms with Crippen LogP contribution in [0.1, 0.15) is 52.4 Å². The fraction of sp³-hybridized carbons (Fsp3) is 0.909. The summed E-state index contributed by atoms with van der Waals surface area (Å²) >= 11 is 0. The van der Waals surface area contributed by atoms with Crippen LogP contribution in [-0.2, 0) is 0 Å². The Balaban J connectivity index is 2.21. The Morgan fingerprint density at radius 1 is 1.36 bits per heavy atom. The Labute approximate surface area is 71.4 Å². The average Bonchev–Trinajstić information content (AvgIpc) is 2.06. The van der Waals surface area contributed by atoms with Crippen molar-refractivity contribution < 1.29 is 0 Å². The third-order valence-corrected chi connectivity index (χ3v) is 2.93. The van der Waals surface area contributed by atoms with Crippen molar-refractivity contribution in [2.45, 2.75) is 52.4 Å². The highest BCUT2D eigenvalue weighted by Gasteiger charge is 2.19. The maximum absolute atomic E-state index is 2.53. The molecule has 0 heteroatoms. The van der Waals surface area contributed by atoms with Gasteiger partial charge < -0.3 is 0 Å². The molecule has 1 rings (SSSR count). The summed E-state index contributed by atoms with van der Waals surface area (Å²) in [5.41, 5.74) is 0. The Morgan fingerprint density at radius 3 is 2.82 bits per heavy atom. The van der Waals surface area contributed by atoms with Gasteiger partial charge in [-0.05, 0) is 31.1 Å². The molecule has 2 atom stereocenters. The molecule has 0 bridgehead atoms. The summed E-state index contributed by atoms with van der Waals surface area (Å²) < 4.78 is 0. The molecular formula is C11H21. The van der Waals surface area contributed by atoms with Gasteiger partial charge in [0.15, 0.2) is 0 Å². The summed E-state index contributed by atoms with van der Waals surface area (Å²) in [6.07, 6.45) is 11.1. The van der Waals surface area contributed by atoms with Crippen LogP contribution >= 0.6 is 0 Å². The van der Waals surface area contributed by atoms with Gasteiger partial charge in [-0.3, -0.25) is 0 Å². The maximum atomic E-state index is 2.53. The van der Waals surface area contributed by atoms with Crippen LogP contribution in [-0.4, -0.2) is 0 Å². The van der Waals surface area contributed by atoms with Crippen molar-refractivity contribution in [1.82, 2.24) is 0 Å². The van der Waals surface area contributed by atoms with Gasteiger partial charge in [0, 0.05) is 0 Å². The zero-order valence-corrected chi connectivity index (χ0v) is 7.97. The standard InChI is InChI=1S/C11H21/c1-3-6-11-8-5-7-10(4-2)9-11/h7,10-11H,3-6,8-9H2,1-2H3. The normalized spacial score (nSPS) is 32.2. The summed E-state index contributed by atoms with van der Waals surface area (Å²) in [6, 6.07) is 0. The van der Waals surface area contributed by atoms with Crippen LogP contribution in [0.15, 0.2) is 0 Å². The lowest BCUT2D eigenvalue weighted by Crippen LogP contribution is -2.15. The van der Waals surface area contributed by atoms with Crippen molar-refractivity contribution in [3.63, 3.8) is 0 Å². The van der Waals surface area contributed by atoms with Crippen LogP contribution in [0.5, 0.6) is 0 Å². The fourth-order valence-corrected chi connectivity index (χ4v) is 2.21. The van der Waals surface area contributed by atoms with E-state index < -0.39 is 0 Å². The topological polar surface area (TPSA) is 0 Å². The molecule has 0 aromatic rings. The van der Waals surface area contributed by atoms with Gasteiger partial charge in [-0.25, -0.2) is 0 Å². The van der Waals surface area contributed by atoms with Crippen molar-refractivity contribution in [2.75, 3.05) is 0 Å². The van der Waals surface area contributed by atoms with Gasteiger partial charge in [-0.2, -0.15) is 0 Å². The van der Waals surface area contributed by atoms with E-state index in [-0.39, 0.29) is 0 Å². The van der Waals surface area contributed by atoms with E-state index in [1.807, 2.05) is 0 Å². The molecule has 1 radical (unpaired) electrons. The lowest BCUT2D eigenvalue weighted by Gasteiger charge is -2.27. The van der Waals surface area contributed by atoms with Crippen LogP contribution in [0.4, 0.5) is 0 Å². The zero-order valence-electron chi connectivity index (χ0n) is 7.97. The van der Waals surface area contributed by atoms with Crippen molar-refractivity contribution in [3.8, 4) is 0 Å². The van der Waals surface area contributed by atoms with Crippen molar-refractivity contribution in [2.24, 2.45) is 11.8 Å². The molecule has 2 unspecified atom stereocenters. The molecule has 0 nitrogen and oxygen atoms in total. The van der Waals surface area contributed by atoms with Crippen LogP contribution in [0, 0.1) is 18.3 Å². The predicted molar refractivity (Wildman–Crippen MR) is 50.3 cm³/mol. The molecule has 65 valence electrons. The van der Waals surface area contributed by atoms with Gasteiger partial charge in [-0.15, -0.1) is 0 Å². The summed E-state index contributed by atoms with van der Waals surface area (Å²) in [5.74, 6) is 2.00. The monoisotopic (exact) mass is 153 g/mol. The summed E-state index contributed by atoms with van der Waals surface area (Å²) in [7, 11) is 0. The summed E-state index contributed by atoms with van der Waals surface area (Å²) in [4.78, 5) is 0. The zero-order chi connectivity index (χ0) is 8.10. The molecule has 0 amide bonds. The number of hydrogen-bond acceptors (Lipinski definition) is 0. The van der Waals surface area contributed by atoms with Gasteiger partial charge in [0.1, 0.15) is 0 Å². The molecule has 1 aliphatic rings. The highest BCUT2D eigenvalue weighted by atomic mass is 14.2. The minimum absolute atomic E-state index is 0.945. The predicted octanol–water partition coefficient (Wildman–Crippen LogP) is 3.82. The molecule has 0 aromatic heterocycles. The molecule has 11 heavy (non-hydrogen) atoms. The van der Waals surface area contributed by atoms with Gasteiger partial charge in [0.2, 0.25) is 0 Å². The van der Waals surface area contributed by atoms with Gasteiger partial charge in [0.05, 0.1) is 0 Å². The van der Waals surface area contributed by atoms with Gasteiger partial charge in [-0.1, -0.05) is 39.5 Å². The quantitative estimate of drug-likeness (QED) is 0.578. The molecular weight excluding hydrogens is 132 g/mol. The van der Waals surface area contributed by atoms with E-state index in [1.54, 1.807) is 0 Å². The Hall–Kier alpha value is 0. The van der Waals surface area contributed by atoms with E-state index in [0.717, 1.165) is 11.8 Å². The maximum Gasteiger partial charge on any atom is -0.0355 e. The van der Waals surface area contributed by atoms with E-state index in [2.05, 4.69) is 20.3 Å². The first-order chi connectivity index (χ1) is 5.36. The van der Waals surface area contributed by atoms with E-state index >= 15 is 0 Å². The third-order valence-electron chi connectivity index (χ3n) is 2.93. The molecule has 0 heterocycles. The fourth-order valence-electron chi connectivity index (χ4n) is 2.21. The van der Waals surface area contributed by atoms with Crippen molar-refractivity contribution in [3.05, 3.63) is 6.42 Å². The van der Waals surface area contributed by atoms with Crippen molar-refractivity contribution >= 4 is 0 Å². The molecule has 0 aromatic carbocycles.